The molecule has 0 bridgehead atoms. The summed E-state index contributed by atoms with van der Waals surface area (Å²) in [7, 11) is 0. The van der Waals surface area contributed by atoms with E-state index in [1.165, 1.54) is 39.4 Å². The molecule has 118 valence electrons. The van der Waals surface area contributed by atoms with Crippen LogP contribution in [-0.4, -0.2) is 9.97 Å². The van der Waals surface area contributed by atoms with E-state index in [4.69, 9.17) is 4.98 Å². The molecule has 0 aliphatic rings. The molecule has 3 aromatic rings. The number of hydrogen-bond donors (Lipinski definition) is 0. The number of pyridine rings is 1. The third kappa shape index (κ3) is 3.67. The molecule has 3 heteroatoms. The van der Waals surface area contributed by atoms with Gasteiger partial charge in [0.1, 0.15) is 0 Å². The van der Waals surface area contributed by atoms with E-state index in [1.54, 1.807) is 0 Å². The third-order valence-electron chi connectivity index (χ3n) is 3.87. The van der Waals surface area contributed by atoms with Crippen LogP contribution in [0.5, 0.6) is 0 Å². The largest absolute Gasteiger partial charge is 0.262 e. The van der Waals surface area contributed by atoms with E-state index in [9.17, 15) is 0 Å². The lowest BCUT2D eigenvalue weighted by Crippen LogP contribution is -1.86. The molecule has 0 radical (unpaired) electrons. The standard InChI is InChI=1S/C20H22N2S/c1-4-5-9-18-22-19(16-8-6-7-14(2)12-16)20(23-18)17-10-11-21-15(3)13-17/h6-8,10-13H,4-5,9H2,1-3H3. The molecule has 0 atom stereocenters. The molecular weight excluding hydrogens is 300 g/mol. The predicted molar refractivity (Wildman–Crippen MR) is 98.9 cm³/mol. The van der Waals surface area contributed by atoms with Crippen molar-refractivity contribution in [2.45, 2.75) is 40.0 Å². The van der Waals surface area contributed by atoms with Crippen LogP contribution in [0.25, 0.3) is 21.7 Å². The summed E-state index contributed by atoms with van der Waals surface area (Å²) >= 11 is 1.82. The highest BCUT2D eigenvalue weighted by atomic mass is 32.1. The van der Waals surface area contributed by atoms with Gasteiger partial charge in [0.2, 0.25) is 0 Å². The Morgan fingerprint density at radius 3 is 2.65 bits per heavy atom. The molecule has 1 aromatic carbocycles. The Kier molecular flexibility index (Phi) is 4.87. The van der Waals surface area contributed by atoms with Crippen molar-refractivity contribution in [1.82, 2.24) is 9.97 Å². The molecule has 0 spiro atoms. The smallest absolute Gasteiger partial charge is 0.0939 e. The minimum atomic E-state index is 1.04. The molecule has 3 rings (SSSR count). The molecule has 0 unspecified atom stereocenters. The van der Waals surface area contributed by atoms with E-state index in [2.05, 4.69) is 55.2 Å². The SMILES string of the molecule is CCCCc1nc(-c2cccc(C)c2)c(-c2ccnc(C)c2)s1. The van der Waals surface area contributed by atoms with Gasteiger partial charge >= 0.3 is 0 Å². The topological polar surface area (TPSA) is 25.8 Å². The average Bonchev–Trinajstić information content (AvgIpc) is 2.97. The number of aryl methyl sites for hydroxylation is 3. The van der Waals surface area contributed by atoms with Crippen LogP contribution >= 0.6 is 11.3 Å². The van der Waals surface area contributed by atoms with Gasteiger partial charge in [-0.25, -0.2) is 4.98 Å². The van der Waals surface area contributed by atoms with Crippen LogP contribution in [-0.2, 0) is 6.42 Å². The van der Waals surface area contributed by atoms with Gasteiger partial charge in [0, 0.05) is 17.5 Å². The summed E-state index contributed by atoms with van der Waals surface area (Å²) in [6, 6.07) is 12.8. The summed E-state index contributed by atoms with van der Waals surface area (Å²) in [4.78, 5) is 10.5. The van der Waals surface area contributed by atoms with Crippen molar-refractivity contribution in [3.63, 3.8) is 0 Å². The lowest BCUT2D eigenvalue weighted by Gasteiger charge is -2.04. The molecule has 0 aliphatic carbocycles. The van der Waals surface area contributed by atoms with Crippen molar-refractivity contribution < 1.29 is 0 Å². The quantitative estimate of drug-likeness (QED) is 0.590. The van der Waals surface area contributed by atoms with Gasteiger partial charge in [-0.2, -0.15) is 0 Å². The Balaban J connectivity index is 2.11. The second-order valence-corrected chi connectivity index (χ2v) is 7.03. The Bertz CT molecular complexity index is 742. The number of aromatic nitrogens is 2. The summed E-state index contributed by atoms with van der Waals surface area (Å²) in [6.45, 7) is 6.39. The molecule has 0 N–H and O–H groups in total. The van der Waals surface area contributed by atoms with Gasteiger partial charge in [-0.15, -0.1) is 11.3 Å². The van der Waals surface area contributed by atoms with Gasteiger partial charge < -0.3 is 0 Å². The van der Waals surface area contributed by atoms with Gasteiger partial charge in [-0.05, 0) is 50.5 Å². The Morgan fingerprint density at radius 1 is 1.04 bits per heavy atom. The Hall–Kier alpha value is -2.00. The molecule has 0 amide bonds. The zero-order valence-corrected chi connectivity index (χ0v) is 14.8. The van der Waals surface area contributed by atoms with Gasteiger partial charge in [0.25, 0.3) is 0 Å². The van der Waals surface area contributed by atoms with Crippen LogP contribution in [0.2, 0.25) is 0 Å². The lowest BCUT2D eigenvalue weighted by molar-refractivity contribution is 0.790. The van der Waals surface area contributed by atoms with E-state index in [1.807, 2.05) is 24.5 Å². The summed E-state index contributed by atoms with van der Waals surface area (Å²) in [5.74, 6) is 0. The van der Waals surface area contributed by atoms with Crippen LogP contribution in [0.1, 0.15) is 36.0 Å². The fourth-order valence-corrected chi connectivity index (χ4v) is 3.79. The molecule has 0 aliphatic heterocycles. The number of benzene rings is 1. The first-order valence-electron chi connectivity index (χ1n) is 8.17. The van der Waals surface area contributed by atoms with Crippen LogP contribution < -0.4 is 0 Å². The summed E-state index contributed by atoms with van der Waals surface area (Å²) in [5, 5.41) is 1.23. The molecule has 2 heterocycles. The third-order valence-corrected chi connectivity index (χ3v) is 5.03. The van der Waals surface area contributed by atoms with Crippen LogP contribution in [0.15, 0.2) is 42.6 Å². The second kappa shape index (κ2) is 7.05. The maximum Gasteiger partial charge on any atom is 0.0939 e. The van der Waals surface area contributed by atoms with Crippen molar-refractivity contribution in [2.75, 3.05) is 0 Å². The highest BCUT2D eigenvalue weighted by Gasteiger charge is 2.15. The monoisotopic (exact) mass is 322 g/mol. The number of unbranched alkanes of at least 4 members (excludes halogenated alkanes) is 1. The lowest BCUT2D eigenvalue weighted by atomic mass is 10.1. The van der Waals surface area contributed by atoms with Crippen molar-refractivity contribution >= 4 is 11.3 Å². The molecule has 23 heavy (non-hydrogen) atoms. The zero-order valence-electron chi connectivity index (χ0n) is 14.0. The van der Waals surface area contributed by atoms with E-state index in [0.29, 0.717) is 0 Å². The van der Waals surface area contributed by atoms with Crippen LogP contribution in [0.3, 0.4) is 0 Å². The highest BCUT2D eigenvalue weighted by Crippen LogP contribution is 2.37. The Labute approximate surface area is 142 Å². The average molecular weight is 322 g/mol. The highest BCUT2D eigenvalue weighted by molar-refractivity contribution is 7.15. The van der Waals surface area contributed by atoms with Crippen molar-refractivity contribution in [3.05, 3.63) is 58.9 Å². The zero-order chi connectivity index (χ0) is 16.2. The second-order valence-electron chi connectivity index (χ2n) is 5.94. The summed E-state index contributed by atoms with van der Waals surface area (Å²) in [5.41, 5.74) is 5.83. The van der Waals surface area contributed by atoms with Gasteiger partial charge in [0.05, 0.1) is 15.6 Å². The minimum absolute atomic E-state index is 1.04. The number of hydrogen-bond acceptors (Lipinski definition) is 3. The maximum atomic E-state index is 4.96. The van der Waals surface area contributed by atoms with E-state index < -0.39 is 0 Å². The normalized spacial score (nSPS) is 10.9. The fourth-order valence-electron chi connectivity index (χ4n) is 2.67. The molecular formula is C20H22N2S. The molecule has 0 saturated carbocycles. The van der Waals surface area contributed by atoms with Gasteiger partial charge in [-0.1, -0.05) is 37.1 Å². The van der Waals surface area contributed by atoms with Crippen LogP contribution in [0.4, 0.5) is 0 Å². The van der Waals surface area contributed by atoms with Crippen molar-refractivity contribution in [3.8, 4) is 21.7 Å². The van der Waals surface area contributed by atoms with E-state index in [-0.39, 0.29) is 0 Å². The summed E-state index contributed by atoms with van der Waals surface area (Å²) < 4.78 is 0. The molecule has 0 fully saturated rings. The van der Waals surface area contributed by atoms with Crippen molar-refractivity contribution in [1.29, 1.82) is 0 Å². The van der Waals surface area contributed by atoms with Gasteiger partial charge in [0.15, 0.2) is 0 Å². The van der Waals surface area contributed by atoms with E-state index in [0.717, 1.165) is 17.8 Å². The molecule has 0 saturated heterocycles. The van der Waals surface area contributed by atoms with Crippen molar-refractivity contribution in [2.24, 2.45) is 0 Å². The molecule has 2 nitrogen and oxygen atoms in total. The number of thiazole rings is 1. The molecule has 2 aromatic heterocycles. The van der Waals surface area contributed by atoms with Crippen LogP contribution in [0, 0.1) is 13.8 Å². The van der Waals surface area contributed by atoms with Gasteiger partial charge in [-0.3, -0.25) is 4.98 Å². The number of nitrogens with zero attached hydrogens (tertiary/aromatic N) is 2. The maximum absolute atomic E-state index is 4.96. The minimum Gasteiger partial charge on any atom is -0.262 e. The first kappa shape index (κ1) is 15.9. The first-order valence-corrected chi connectivity index (χ1v) is 8.99. The predicted octanol–water partition coefficient (Wildman–Crippen LogP) is 5.83. The number of rotatable bonds is 5. The fraction of sp³-hybridized carbons (Fsp3) is 0.300. The Morgan fingerprint density at radius 2 is 1.91 bits per heavy atom. The first-order chi connectivity index (χ1) is 11.2. The summed E-state index contributed by atoms with van der Waals surface area (Å²) in [6.07, 6.45) is 5.33. The van der Waals surface area contributed by atoms with E-state index >= 15 is 0 Å².